The Bertz CT molecular complexity index is 2430. The predicted octanol–water partition coefficient (Wildman–Crippen LogP) is 12.3. The fourth-order valence-corrected chi connectivity index (χ4v) is 8.55. The van der Waals surface area contributed by atoms with Gasteiger partial charge in [-0.3, -0.25) is 0 Å². The summed E-state index contributed by atoms with van der Waals surface area (Å²) in [5.41, 5.74) is 12.8. The van der Waals surface area contributed by atoms with Gasteiger partial charge in [0.25, 0.3) is 0 Å². The first-order chi connectivity index (χ1) is 24.7. The van der Waals surface area contributed by atoms with Gasteiger partial charge in [0.15, 0.2) is 0 Å². The molecule has 8 aromatic rings. The average molecular weight is 916 g/mol. The van der Waals surface area contributed by atoms with E-state index in [0.29, 0.717) is 5.92 Å². The summed E-state index contributed by atoms with van der Waals surface area (Å²) in [6, 6.07) is 50.8. The van der Waals surface area contributed by atoms with E-state index in [2.05, 4.69) is 169 Å². The molecule has 0 aliphatic carbocycles. The van der Waals surface area contributed by atoms with Crippen LogP contribution in [-0.4, -0.2) is 23.2 Å². The summed E-state index contributed by atoms with van der Waals surface area (Å²) >= 11 is -1.73. The number of para-hydroxylation sites is 1. The zero-order chi connectivity index (χ0) is 35.5. The van der Waals surface area contributed by atoms with Crippen molar-refractivity contribution in [3.05, 3.63) is 163 Å². The zero-order valence-corrected chi connectivity index (χ0v) is 35.0. The topological polar surface area (TPSA) is 38.9 Å². The van der Waals surface area contributed by atoms with Gasteiger partial charge in [-0.05, 0) is 34.4 Å². The molecule has 0 aliphatic rings. The van der Waals surface area contributed by atoms with Crippen molar-refractivity contribution in [1.82, 2.24) is 9.97 Å². The second kappa shape index (κ2) is 16.0. The van der Waals surface area contributed by atoms with E-state index in [4.69, 9.17) is 4.42 Å². The minimum absolute atomic E-state index is 0. The van der Waals surface area contributed by atoms with Gasteiger partial charge in [-0.1, -0.05) is 109 Å². The Kier molecular flexibility index (Phi) is 11.4. The number of nitrogens with zero attached hydrogens (tertiary/aromatic N) is 2. The summed E-state index contributed by atoms with van der Waals surface area (Å²) in [5.74, 6) is 7.59. The third-order valence-corrected chi connectivity index (χ3v) is 13.7. The molecule has 5 heteroatoms. The molecule has 0 unspecified atom stereocenters. The zero-order valence-electron chi connectivity index (χ0n) is 30.5. The largest absolute Gasteiger partial charge is 0 e. The molecule has 3 heterocycles. The van der Waals surface area contributed by atoms with E-state index < -0.39 is 13.3 Å². The Morgan fingerprint density at radius 2 is 1.33 bits per heavy atom. The maximum absolute atomic E-state index is 6.57. The van der Waals surface area contributed by atoms with Crippen molar-refractivity contribution in [2.45, 2.75) is 44.0 Å². The first-order valence-corrected chi connectivity index (χ1v) is 24.9. The second-order valence-corrected chi connectivity index (χ2v) is 25.0. The molecule has 0 spiro atoms. The third-order valence-electron chi connectivity index (χ3n) is 9.42. The molecule has 5 aromatic carbocycles. The summed E-state index contributed by atoms with van der Waals surface area (Å²) in [4.78, 5) is 9.23. The van der Waals surface area contributed by atoms with Crippen LogP contribution in [0.5, 0.6) is 0 Å². The van der Waals surface area contributed by atoms with Crippen LogP contribution >= 0.6 is 0 Å². The van der Waals surface area contributed by atoms with Crippen molar-refractivity contribution in [3.63, 3.8) is 0 Å². The van der Waals surface area contributed by atoms with Gasteiger partial charge in [-0.25, -0.2) is 0 Å². The van der Waals surface area contributed by atoms with Crippen LogP contribution in [-0.2, 0) is 20.1 Å². The minimum Gasteiger partial charge on any atom is 0 e. The van der Waals surface area contributed by atoms with Crippen LogP contribution in [0.4, 0.5) is 0 Å². The summed E-state index contributed by atoms with van der Waals surface area (Å²) in [6.07, 6.45) is 3.93. The number of pyridine rings is 2. The van der Waals surface area contributed by atoms with E-state index in [1.54, 1.807) is 0 Å². The molecular weight excluding hydrogens is 873 g/mol. The van der Waals surface area contributed by atoms with E-state index in [9.17, 15) is 0 Å². The SMILES string of the molecule is CC(C)c1ccnc(-c2[c-]ccc3c2oc2c(-c4ccc(-c5ccccc5)cc4)cccc23)c1.Cc1ccc[c-]c1-c1cc[c]([Ge]([CH3])([CH3])[CH3])cn1.[Ir]. The number of hydrogen-bond acceptors (Lipinski definition) is 3. The summed E-state index contributed by atoms with van der Waals surface area (Å²) in [5, 5.41) is 2.19. The average Bonchev–Trinajstić information content (AvgIpc) is 3.55. The van der Waals surface area contributed by atoms with E-state index in [1.807, 2.05) is 30.5 Å². The molecule has 0 bridgehead atoms. The van der Waals surface area contributed by atoms with Crippen LogP contribution in [0.2, 0.25) is 17.3 Å². The van der Waals surface area contributed by atoms with Crippen LogP contribution in [0.25, 0.3) is 66.7 Å². The molecule has 1 radical (unpaired) electrons. The number of aromatic nitrogens is 2. The van der Waals surface area contributed by atoms with Gasteiger partial charge in [-0.2, -0.15) is 0 Å². The number of fused-ring (bicyclic) bond motifs is 3. The van der Waals surface area contributed by atoms with Gasteiger partial charge in [-0.15, -0.1) is 18.2 Å². The van der Waals surface area contributed by atoms with E-state index >= 15 is 0 Å². The number of hydrogen-bond donors (Lipinski definition) is 0. The van der Waals surface area contributed by atoms with Crippen LogP contribution in [0.1, 0.15) is 30.9 Å². The van der Waals surface area contributed by atoms with Crippen LogP contribution < -0.4 is 4.40 Å². The summed E-state index contributed by atoms with van der Waals surface area (Å²) < 4.78 is 8.01. The number of aryl methyl sites for hydroxylation is 1. The van der Waals surface area contributed by atoms with Crippen molar-refractivity contribution >= 4 is 39.6 Å². The minimum atomic E-state index is -1.73. The quantitative estimate of drug-likeness (QED) is 0.123. The van der Waals surface area contributed by atoms with Crippen molar-refractivity contribution in [2.75, 3.05) is 0 Å². The molecule has 0 saturated carbocycles. The van der Waals surface area contributed by atoms with Gasteiger partial charge in [0.05, 0.1) is 5.58 Å². The Labute approximate surface area is 323 Å². The molecule has 3 aromatic heterocycles. The molecule has 8 rings (SSSR count). The van der Waals surface area contributed by atoms with Crippen molar-refractivity contribution in [1.29, 1.82) is 0 Å². The monoisotopic (exact) mass is 917 g/mol. The molecule has 0 fully saturated rings. The van der Waals surface area contributed by atoms with Gasteiger partial charge in [0.2, 0.25) is 0 Å². The van der Waals surface area contributed by atoms with Crippen molar-refractivity contribution in [3.8, 4) is 44.8 Å². The van der Waals surface area contributed by atoms with Crippen LogP contribution in [0.3, 0.4) is 0 Å². The molecule has 261 valence electrons. The summed E-state index contributed by atoms with van der Waals surface area (Å²) in [6.45, 7) is 6.49. The molecule has 0 N–H and O–H groups in total. The Morgan fingerprint density at radius 3 is 2.02 bits per heavy atom. The van der Waals surface area contributed by atoms with E-state index in [1.165, 1.54) is 26.6 Å². The molecule has 0 saturated heterocycles. The fourth-order valence-electron chi connectivity index (χ4n) is 6.38. The normalized spacial score (nSPS) is 11.3. The third kappa shape index (κ3) is 7.90. The molecule has 52 heavy (non-hydrogen) atoms. The van der Waals surface area contributed by atoms with Gasteiger partial charge in [0.1, 0.15) is 5.58 Å². The van der Waals surface area contributed by atoms with Crippen molar-refractivity contribution in [2.24, 2.45) is 0 Å². The smallest absolute Gasteiger partial charge is 0 e. The van der Waals surface area contributed by atoms with Crippen molar-refractivity contribution < 1.29 is 24.5 Å². The number of benzene rings is 5. The Balaban J connectivity index is 0.000000218. The van der Waals surface area contributed by atoms with E-state index in [0.717, 1.165) is 55.6 Å². The Hall–Kier alpha value is -4.61. The standard InChI is InChI=1S/C32H24NO.C15H18GeN.Ir/c1-21(2)25-18-19-33-30(20-25)29-13-7-12-28-27-11-6-10-26(31(27)34-32(28)29)24-16-14-23(15-17-24)22-8-4-3-5-9-22;1-12-7-5-6-8-14(12)15-10-9-13(11-17-15)16(2,3)4;/h3-12,14-21H,1-2H3;5-7,9-11H,1-4H3;/q2*-1;. The first kappa shape index (κ1) is 37.2. The predicted molar refractivity (Wildman–Crippen MR) is 217 cm³/mol. The van der Waals surface area contributed by atoms with Gasteiger partial charge in [0, 0.05) is 37.3 Å². The fraction of sp³-hybridized carbons (Fsp3) is 0.149. The molecule has 0 aliphatic heterocycles. The molecule has 3 nitrogen and oxygen atoms in total. The molecule has 0 amide bonds. The summed E-state index contributed by atoms with van der Waals surface area (Å²) in [7, 11) is 0. The second-order valence-electron chi connectivity index (χ2n) is 14.4. The van der Waals surface area contributed by atoms with Crippen LogP contribution in [0, 0.1) is 19.1 Å². The number of furan rings is 1. The molecule has 0 atom stereocenters. The van der Waals surface area contributed by atoms with Gasteiger partial charge >= 0.3 is 106 Å². The number of rotatable bonds is 6. The first-order valence-electron chi connectivity index (χ1n) is 17.6. The maximum atomic E-state index is 6.57. The maximum Gasteiger partial charge on any atom is 0 e. The van der Waals surface area contributed by atoms with Gasteiger partial charge < -0.3 is 9.40 Å². The van der Waals surface area contributed by atoms with E-state index in [-0.39, 0.29) is 20.1 Å². The van der Waals surface area contributed by atoms with Crippen LogP contribution in [0.15, 0.2) is 144 Å². The molecular formula is C47H42GeIrN2O-2. The Morgan fingerprint density at radius 1 is 0.615 bits per heavy atom.